The molecule has 0 aromatic carbocycles. The van der Waals surface area contributed by atoms with Gasteiger partial charge in [-0.2, -0.15) is 4.99 Å². The molecule has 0 aromatic heterocycles. The molecule has 1 rings (SSSR count). The van der Waals surface area contributed by atoms with E-state index in [9.17, 15) is 9.59 Å². The fourth-order valence-corrected chi connectivity index (χ4v) is 2.36. The monoisotopic (exact) mass is 257 g/mol. The lowest BCUT2D eigenvalue weighted by molar-refractivity contribution is -0.138. The summed E-state index contributed by atoms with van der Waals surface area (Å²) < 4.78 is 0. The normalized spacial score (nSPS) is 19.6. The number of guanidine groups is 1. The van der Waals surface area contributed by atoms with Crippen LogP contribution < -0.4 is 11.5 Å². The number of nitrogens with zero attached hydrogens (tertiary/aromatic N) is 2. The molecule has 0 aromatic rings. The number of nitrogens with two attached hydrogens (primary N) is 2. The van der Waals surface area contributed by atoms with Crippen LogP contribution in [0.5, 0.6) is 0 Å². The molecule has 1 unspecified atom stereocenters. The summed E-state index contributed by atoms with van der Waals surface area (Å²) in [5.74, 6) is -0.700. The van der Waals surface area contributed by atoms with Crippen LogP contribution in [0.15, 0.2) is 4.99 Å². The van der Waals surface area contributed by atoms with E-state index in [1.54, 1.807) is 0 Å². The smallest absolute Gasteiger partial charge is 0.243 e. The van der Waals surface area contributed by atoms with E-state index in [2.05, 4.69) is 4.99 Å². The van der Waals surface area contributed by atoms with Gasteiger partial charge in [-0.3, -0.25) is 19.9 Å². The van der Waals surface area contributed by atoms with E-state index in [0.717, 1.165) is 18.2 Å². The number of hydrogen-bond donors (Lipinski definition) is 3. The van der Waals surface area contributed by atoms with Gasteiger partial charge in [0, 0.05) is 13.0 Å². The van der Waals surface area contributed by atoms with Crippen molar-refractivity contribution in [2.75, 3.05) is 6.54 Å². The summed E-state index contributed by atoms with van der Waals surface area (Å²) in [6.07, 6.45) is 0.825. The fourth-order valence-electron chi connectivity index (χ4n) is 1.48. The first-order valence-electron chi connectivity index (χ1n) is 5.14. The third kappa shape index (κ3) is 3.45. The molecule has 1 fully saturated rings. The van der Waals surface area contributed by atoms with Gasteiger partial charge < -0.3 is 11.5 Å². The van der Waals surface area contributed by atoms with Gasteiger partial charge in [0.1, 0.15) is 5.25 Å². The Kier molecular flexibility index (Phi) is 4.50. The highest BCUT2D eigenvalue weighted by molar-refractivity contribution is 8.14. The van der Waals surface area contributed by atoms with Gasteiger partial charge in [-0.25, -0.2) is 0 Å². The maximum Gasteiger partial charge on any atom is 0.243 e. The highest BCUT2D eigenvalue weighted by Crippen LogP contribution is 2.26. The number of rotatable bonds is 3. The van der Waals surface area contributed by atoms with Crippen molar-refractivity contribution in [3.05, 3.63) is 0 Å². The van der Waals surface area contributed by atoms with Crippen LogP contribution in [0.2, 0.25) is 0 Å². The van der Waals surface area contributed by atoms with Crippen LogP contribution in [0.1, 0.15) is 19.8 Å². The molecule has 0 saturated carbocycles. The van der Waals surface area contributed by atoms with E-state index in [1.165, 1.54) is 4.90 Å². The van der Waals surface area contributed by atoms with E-state index < -0.39 is 5.25 Å². The van der Waals surface area contributed by atoms with Gasteiger partial charge in [-0.05, 0) is 6.42 Å². The van der Waals surface area contributed by atoms with E-state index in [0.29, 0.717) is 6.54 Å². The number of carbonyl (C=O) groups excluding carboxylic acids is 2. The predicted octanol–water partition coefficient (Wildman–Crippen LogP) is -0.535. The van der Waals surface area contributed by atoms with Crippen LogP contribution in [0.4, 0.5) is 0 Å². The van der Waals surface area contributed by atoms with E-state index in [-0.39, 0.29) is 29.4 Å². The van der Waals surface area contributed by atoms with Gasteiger partial charge in [-0.15, -0.1) is 0 Å². The number of amides is 2. The quantitative estimate of drug-likeness (QED) is 0.356. The molecule has 0 spiro atoms. The minimum atomic E-state index is -0.579. The van der Waals surface area contributed by atoms with E-state index >= 15 is 0 Å². The zero-order valence-electron chi connectivity index (χ0n) is 9.47. The average molecular weight is 257 g/mol. The Hall–Kier alpha value is -1.57. The molecule has 94 valence electrons. The lowest BCUT2D eigenvalue weighted by atomic mass is 10.4. The van der Waals surface area contributed by atoms with Crippen molar-refractivity contribution < 1.29 is 9.59 Å². The number of carbonyl (C=O) groups is 2. The number of hydrogen-bond acceptors (Lipinski definition) is 4. The molecule has 1 aliphatic heterocycles. The number of likely N-dealkylation sites (tertiary alicyclic amines) is 1. The number of amidine groups is 1. The summed E-state index contributed by atoms with van der Waals surface area (Å²) in [7, 11) is 0. The summed E-state index contributed by atoms with van der Waals surface area (Å²) in [6.45, 7) is 2.31. The Balaban J connectivity index is 2.63. The number of nitrogens with one attached hydrogen (secondary N) is 1. The molecule has 5 N–H and O–H groups in total. The van der Waals surface area contributed by atoms with Gasteiger partial charge >= 0.3 is 0 Å². The second-order valence-corrected chi connectivity index (χ2v) is 4.73. The van der Waals surface area contributed by atoms with Crippen LogP contribution in [-0.2, 0) is 9.59 Å². The standard InChI is InChI=1S/C9H15N5O2S/c1-2-3-14-6(15)4-5(7(14)16)17-9(12)13-8(10)11/h5H,2-4H2,1H3,(H5,10,11,12,13). The minimum absolute atomic E-state index is 0.103. The number of thioether (sulfide) groups is 1. The second-order valence-electron chi connectivity index (χ2n) is 3.54. The number of aliphatic imine (C=N–C) groups is 1. The van der Waals surface area contributed by atoms with Crippen LogP contribution in [-0.4, -0.2) is 39.6 Å². The Morgan fingerprint density at radius 2 is 2.24 bits per heavy atom. The molecule has 0 radical (unpaired) electrons. The summed E-state index contributed by atoms with van der Waals surface area (Å²) in [4.78, 5) is 28.1. The molecule has 1 aliphatic rings. The summed E-state index contributed by atoms with van der Waals surface area (Å²) in [6, 6.07) is 0. The zero-order chi connectivity index (χ0) is 13.0. The predicted molar refractivity (Wildman–Crippen MR) is 66.5 cm³/mol. The molecule has 1 atom stereocenters. The Labute approximate surface area is 103 Å². The first kappa shape index (κ1) is 13.5. The molecule has 8 heteroatoms. The average Bonchev–Trinajstić information content (AvgIpc) is 2.45. The van der Waals surface area contributed by atoms with Crippen molar-refractivity contribution in [2.24, 2.45) is 16.5 Å². The minimum Gasteiger partial charge on any atom is -0.370 e. The lowest BCUT2D eigenvalue weighted by Crippen LogP contribution is -2.32. The Morgan fingerprint density at radius 1 is 1.59 bits per heavy atom. The molecule has 17 heavy (non-hydrogen) atoms. The molecule has 7 nitrogen and oxygen atoms in total. The van der Waals surface area contributed by atoms with Gasteiger partial charge in [-0.1, -0.05) is 18.7 Å². The van der Waals surface area contributed by atoms with Crippen LogP contribution in [0.25, 0.3) is 0 Å². The van der Waals surface area contributed by atoms with Crippen molar-refractivity contribution in [3.63, 3.8) is 0 Å². The van der Waals surface area contributed by atoms with Crippen LogP contribution in [0.3, 0.4) is 0 Å². The summed E-state index contributed by atoms with van der Waals surface area (Å²) in [5.41, 5.74) is 10.2. The maximum absolute atomic E-state index is 11.8. The molecule has 0 bridgehead atoms. The van der Waals surface area contributed by atoms with Crippen LogP contribution >= 0.6 is 11.8 Å². The van der Waals surface area contributed by atoms with Gasteiger partial charge in [0.25, 0.3) is 0 Å². The van der Waals surface area contributed by atoms with Gasteiger partial charge in [0.05, 0.1) is 0 Å². The fraction of sp³-hybridized carbons (Fsp3) is 0.556. The van der Waals surface area contributed by atoms with Crippen LogP contribution in [0, 0.1) is 5.41 Å². The molecule has 0 aliphatic carbocycles. The Bertz CT molecular complexity index is 378. The highest BCUT2D eigenvalue weighted by atomic mass is 32.2. The van der Waals surface area contributed by atoms with E-state index in [1.807, 2.05) is 6.92 Å². The maximum atomic E-state index is 11.8. The lowest BCUT2D eigenvalue weighted by Gasteiger charge is -2.12. The molecular weight excluding hydrogens is 242 g/mol. The highest BCUT2D eigenvalue weighted by Gasteiger charge is 2.39. The zero-order valence-corrected chi connectivity index (χ0v) is 10.3. The topological polar surface area (TPSA) is 126 Å². The van der Waals surface area contributed by atoms with E-state index in [4.69, 9.17) is 16.9 Å². The number of imide groups is 1. The largest absolute Gasteiger partial charge is 0.370 e. The van der Waals surface area contributed by atoms with Gasteiger partial charge in [0.15, 0.2) is 11.1 Å². The molecule has 2 amide bonds. The summed E-state index contributed by atoms with van der Waals surface area (Å²) in [5, 5.41) is 6.70. The van der Waals surface area contributed by atoms with Crippen molar-refractivity contribution in [2.45, 2.75) is 25.0 Å². The molecular formula is C9H15N5O2S. The third-order valence-electron chi connectivity index (χ3n) is 2.13. The van der Waals surface area contributed by atoms with Gasteiger partial charge in [0.2, 0.25) is 11.8 Å². The first-order chi connectivity index (χ1) is 7.95. The van der Waals surface area contributed by atoms with Crippen molar-refractivity contribution in [1.29, 1.82) is 5.41 Å². The first-order valence-corrected chi connectivity index (χ1v) is 6.02. The third-order valence-corrected chi connectivity index (χ3v) is 3.10. The van der Waals surface area contributed by atoms with Crippen molar-refractivity contribution >= 4 is 34.7 Å². The summed E-state index contributed by atoms with van der Waals surface area (Å²) >= 11 is 0.901. The van der Waals surface area contributed by atoms with Crippen molar-refractivity contribution in [3.8, 4) is 0 Å². The second kappa shape index (κ2) is 5.67. The molecule has 1 heterocycles. The van der Waals surface area contributed by atoms with Crippen molar-refractivity contribution in [1.82, 2.24) is 4.90 Å². The molecule has 1 saturated heterocycles. The SMILES string of the molecule is CCCN1C(=O)CC(SC(=N)N=C(N)N)C1=O. The Morgan fingerprint density at radius 3 is 2.76 bits per heavy atom.